The average molecular weight is 716 g/mol. The molecule has 5 rings (SSSR count). The molecule has 6 nitrogen and oxygen atoms in total. The first-order chi connectivity index (χ1) is 26.1. The SMILES string of the molecule is CCCCCCCCOc1ccc(C2=NOC(CCCOC(=O)c3ccc(C#Cc4ccc5cc(OCCCCCCCC)ccc5c4)cc3)C2)cc1. The van der Waals surface area contributed by atoms with Gasteiger partial charge in [0.05, 0.1) is 31.1 Å². The van der Waals surface area contributed by atoms with E-state index in [0.29, 0.717) is 18.6 Å². The molecule has 0 spiro atoms. The Bertz CT molecular complexity index is 1780. The van der Waals surface area contributed by atoms with Gasteiger partial charge in [-0.1, -0.05) is 107 Å². The summed E-state index contributed by atoms with van der Waals surface area (Å²) < 4.78 is 17.5. The van der Waals surface area contributed by atoms with E-state index in [1.54, 1.807) is 12.1 Å². The highest BCUT2D eigenvalue weighted by Crippen LogP contribution is 2.24. The Labute approximate surface area is 317 Å². The summed E-state index contributed by atoms with van der Waals surface area (Å²) in [5.74, 6) is 7.94. The smallest absolute Gasteiger partial charge is 0.338 e. The van der Waals surface area contributed by atoms with E-state index in [-0.39, 0.29) is 12.1 Å². The van der Waals surface area contributed by atoms with Gasteiger partial charge in [0.25, 0.3) is 0 Å². The molecule has 0 aliphatic carbocycles. The van der Waals surface area contributed by atoms with Crippen LogP contribution in [-0.2, 0) is 9.57 Å². The van der Waals surface area contributed by atoms with Crippen LogP contribution in [0.4, 0.5) is 0 Å². The maximum atomic E-state index is 12.7. The predicted molar refractivity (Wildman–Crippen MR) is 216 cm³/mol. The lowest BCUT2D eigenvalue weighted by molar-refractivity contribution is 0.0435. The van der Waals surface area contributed by atoms with Crippen LogP contribution in [0.2, 0.25) is 0 Å². The van der Waals surface area contributed by atoms with Crippen molar-refractivity contribution < 1.29 is 23.8 Å². The monoisotopic (exact) mass is 715 g/mol. The molecule has 0 N–H and O–H groups in total. The Morgan fingerprint density at radius 3 is 1.94 bits per heavy atom. The molecular formula is C47H57NO5. The second-order valence-electron chi connectivity index (χ2n) is 14.1. The van der Waals surface area contributed by atoms with Crippen molar-refractivity contribution in [3.05, 3.63) is 107 Å². The number of carbonyl (C=O) groups is 1. The summed E-state index contributed by atoms with van der Waals surface area (Å²) in [5, 5.41) is 6.59. The first-order valence-corrected chi connectivity index (χ1v) is 20.0. The van der Waals surface area contributed by atoms with Crippen molar-refractivity contribution in [2.45, 2.75) is 116 Å². The minimum Gasteiger partial charge on any atom is -0.494 e. The van der Waals surface area contributed by atoms with Gasteiger partial charge in [-0.3, -0.25) is 0 Å². The molecule has 1 unspecified atom stereocenters. The van der Waals surface area contributed by atoms with Crippen LogP contribution in [0.3, 0.4) is 0 Å². The van der Waals surface area contributed by atoms with Gasteiger partial charge in [-0.2, -0.15) is 0 Å². The predicted octanol–water partition coefficient (Wildman–Crippen LogP) is 11.8. The molecule has 0 bridgehead atoms. The molecule has 0 amide bonds. The molecule has 0 saturated heterocycles. The van der Waals surface area contributed by atoms with Crippen LogP contribution in [0.15, 0.2) is 90.1 Å². The number of oxime groups is 1. The van der Waals surface area contributed by atoms with E-state index < -0.39 is 0 Å². The quantitative estimate of drug-likeness (QED) is 0.0460. The normalized spacial score (nSPS) is 13.5. The van der Waals surface area contributed by atoms with Gasteiger partial charge < -0.3 is 19.0 Å². The van der Waals surface area contributed by atoms with Gasteiger partial charge in [-0.15, -0.1) is 0 Å². The van der Waals surface area contributed by atoms with Crippen LogP contribution in [0.25, 0.3) is 10.8 Å². The maximum absolute atomic E-state index is 12.7. The zero-order valence-electron chi connectivity index (χ0n) is 31.9. The van der Waals surface area contributed by atoms with Crippen molar-refractivity contribution in [1.29, 1.82) is 0 Å². The fourth-order valence-corrected chi connectivity index (χ4v) is 6.43. The number of fused-ring (bicyclic) bond motifs is 1. The molecule has 1 heterocycles. The third-order valence-corrected chi connectivity index (χ3v) is 9.64. The molecule has 53 heavy (non-hydrogen) atoms. The van der Waals surface area contributed by atoms with Crippen LogP contribution < -0.4 is 9.47 Å². The van der Waals surface area contributed by atoms with Crippen LogP contribution in [0.1, 0.15) is 137 Å². The Kier molecular flexibility index (Phi) is 16.6. The third kappa shape index (κ3) is 13.6. The van der Waals surface area contributed by atoms with Gasteiger partial charge >= 0.3 is 5.97 Å². The third-order valence-electron chi connectivity index (χ3n) is 9.64. The lowest BCUT2D eigenvalue weighted by Crippen LogP contribution is -2.12. The van der Waals surface area contributed by atoms with E-state index in [2.05, 4.69) is 55.1 Å². The van der Waals surface area contributed by atoms with Crippen molar-refractivity contribution in [1.82, 2.24) is 0 Å². The zero-order chi connectivity index (χ0) is 36.9. The molecule has 4 aromatic rings. The molecule has 0 radical (unpaired) electrons. The lowest BCUT2D eigenvalue weighted by Gasteiger charge is -2.09. The molecular weight excluding hydrogens is 659 g/mol. The zero-order valence-corrected chi connectivity index (χ0v) is 31.9. The topological polar surface area (TPSA) is 66.3 Å². The van der Waals surface area contributed by atoms with E-state index in [1.165, 1.54) is 64.2 Å². The number of nitrogens with zero attached hydrogens (tertiary/aromatic N) is 1. The highest BCUT2D eigenvalue weighted by molar-refractivity contribution is 6.01. The molecule has 1 aliphatic heterocycles. The number of unbranched alkanes of at least 4 members (excludes halogenated alkanes) is 10. The number of carbonyl (C=O) groups excluding carboxylic acids is 1. The molecule has 4 aromatic carbocycles. The maximum Gasteiger partial charge on any atom is 0.338 e. The number of rotatable bonds is 22. The fraction of sp³-hybridized carbons (Fsp3) is 0.447. The van der Waals surface area contributed by atoms with Gasteiger partial charge in [0.15, 0.2) is 0 Å². The van der Waals surface area contributed by atoms with E-state index in [1.807, 2.05) is 48.5 Å². The summed E-state index contributed by atoms with van der Waals surface area (Å²) in [6, 6.07) is 27.8. The fourth-order valence-electron chi connectivity index (χ4n) is 6.43. The van der Waals surface area contributed by atoms with Crippen LogP contribution >= 0.6 is 0 Å². The highest BCUT2D eigenvalue weighted by atomic mass is 16.6. The van der Waals surface area contributed by atoms with Crippen molar-refractivity contribution in [3.8, 4) is 23.3 Å². The minimum atomic E-state index is -0.336. The Hall–Kier alpha value is -4.76. The standard InChI is InChI=1S/C47H57NO5/c1-3-5-7-9-11-13-31-50-43-28-25-39(26-29-43)46-36-45(53-48-46)16-15-33-52-47(49)40-22-19-37(20-23-40)17-18-38-21-24-42-35-44(30-27-41(42)34-38)51-32-14-12-10-8-6-4-2/h19-30,34-35,45H,3-16,31-33,36H2,1-2H3. The molecule has 1 atom stereocenters. The van der Waals surface area contributed by atoms with Crippen LogP contribution in [0.5, 0.6) is 11.5 Å². The number of hydrogen-bond donors (Lipinski definition) is 0. The van der Waals surface area contributed by atoms with E-state index in [9.17, 15) is 4.79 Å². The van der Waals surface area contributed by atoms with Crippen molar-refractivity contribution in [3.63, 3.8) is 0 Å². The van der Waals surface area contributed by atoms with E-state index in [4.69, 9.17) is 19.0 Å². The van der Waals surface area contributed by atoms with Gasteiger partial charge in [0, 0.05) is 17.5 Å². The van der Waals surface area contributed by atoms with Crippen LogP contribution in [0, 0.1) is 11.8 Å². The summed E-state index contributed by atoms with van der Waals surface area (Å²) in [4.78, 5) is 18.4. The molecule has 0 saturated carbocycles. The Morgan fingerprint density at radius 1 is 0.642 bits per heavy atom. The first-order valence-electron chi connectivity index (χ1n) is 20.0. The second-order valence-corrected chi connectivity index (χ2v) is 14.1. The van der Waals surface area contributed by atoms with Crippen molar-refractivity contribution in [2.24, 2.45) is 5.16 Å². The average Bonchev–Trinajstić information content (AvgIpc) is 3.67. The summed E-state index contributed by atoms with van der Waals surface area (Å²) in [6.45, 7) is 6.33. The molecule has 6 heteroatoms. The summed E-state index contributed by atoms with van der Waals surface area (Å²) in [7, 11) is 0. The number of hydrogen-bond acceptors (Lipinski definition) is 6. The summed E-state index contributed by atoms with van der Waals surface area (Å²) in [6.07, 6.45) is 17.2. The summed E-state index contributed by atoms with van der Waals surface area (Å²) >= 11 is 0. The van der Waals surface area contributed by atoms with E-state index >= 15 is 0 Å². The number of ether oxygens (including phenoxy) is 3. The van der Waals surface area contributed by atoms with Crippen LogP contribution in [-0.4, -0.2) is 37.6 Å². The minimum absolute atomic E-state index is 0.0148. The van der Waals surface area contributed by atoms with Gasteiger partial charge in [-0.05, 0) is 115 Å². The Morgan fingerprint density at radius 2 is 1.23 bits per heavy atom. The van der Waals surface area contributed by atoms with Crippen molar-refractivity contribution >= 4 is 22.5 Å². The molecule has 280 valence electrons. The summed E-state index contributed by atoms with van der Waals surface area (Å²) in [5.41, 5.74) is 4.28. The van der Waals surface area contributed by atoms with Gasteiger partial charge in [0.2, 0.25) is 0 Å². The Balaban J connectivity index is 0.972. The molecule has 0 aromatic heterocycles. The lowest BCUT2D eigenvalue weighted by atomic mass is 10.0. The highest BCUT2D eigenvalue weighted by Gasteiger charge is 2.22. The number of benzene rings is 4. The van der Waals surface area contributed by atoms with E-state index in [0.717, 1.165) is 83.6 Å². The largest absolute Gasteiger partial charge is 0.494 e. The molecule has 0 fully saturated rings. The van der Waals surface area contributed by atoms with Gasteiger partial charge in [-0.25, -0.2) is 4.79 Å². The van der Waals surface area contributed by atoms with Crippen molar-refractivity contribution in [2.75, 3.05) is 19.8 Å². The number of esters is 1. The first kappa shape index (κ1) is 39.4. The molecule has 1 aliphatic rings. The van der Waals surface area contributed by atoms with Gasteiger partial charge in [0.1, 0.15) is 17.6 Å². The second kappa shape index (κ2) is 22.3.